The molecule has 0 spiro atoms. The smallest absolute Gasteiger partial charge is 0.161 e. The molecule has 0 amide bonds. The average molecular weight is 287 g/mol. The highest BCUT2D eigenvalue weighted by atomic mass is 32.1. The second kappa shape index (κ2) is 6.15. The van der Waals surface area contributed by atoms with Crippen LogP contribution in [0.25, 0.3) is 0 Å². The van der Waals surface area contributed by atoms with E-state index in [9.17, 15) is 4.79 Å². The van der Waals surface area contributed by atoms with Crippen LogP contribution in [0.3, 0.4) is 0 Å². The van der Waals surface area contributed by atoms with Crippen LogP contribution in [0.5, 0.6) is 0 Å². The Morgan fingerprint density at radius 1 is 1.15 bits per heavy atom. The molecule has 0 radical (unpaired) electrons. The average Bonchev–Trinajstić information content (AvgIpc) is 2.97. The Morgan fingerprint density at radius 2 is 1.90 bits per heavy atom. The molecule has 0 N–H and O–H groups in total. The van der Waals surface area contributed by atoms with Gasteiger partial charge in [0.2, 0.25) is 0 Å². The molecule has 5 heteroatoms. The van der Waals surface area contributed by atoms with E-state index < -0.39 is 0 Å². The number of benzene rings is 1. The number of para-hydroxylation sites is 1. The maximum absolute atomic E-state index is 10.7. The molecule has 0 saturated carbocycles. The van der Waals surface area contributed by atoms with Gasteiger partial charge in [-0.2, -0.15) is 0 Å². The number of hydrogen-bond donors (Lipinski definition) is 0. The van der Waals surface area contributed by atoms with Gasteiger partial charge in [0, 0.05) is 38.1 Å². The van der Waals surface area contributed by atoms with Crippen LogP contribution in [-0.4, -0.2) is 42.3 Å². The Hall–Kier alpha value is -1.72. The molecule has 1 saturated heterocycles. The molecule has 3 rings (SSSR count). The summed E-state index contributed by atoms with van der Waals surface area (Å²) in [6.07, 6.45) is 2.53. The fourth-order valence-electron chi connectivity index (χ4n) is 2.45. The standard InChI is InChI=1S/C15H17N3OS/c19-12-14-10-16-15(20-14)11-17-6-8-18(9-7-17)13-4-2-1-3-5-13/h1-5,10,12H,6-9,11H2. The fourth-order valence-corrected chi connectivity index (χ4v) is 3.22. The topological polar surface area (TPSA) is 36.4 Å². The molecule has 0 bridgehead atoms. The lowest BCUT2D eigenvalue weighted by Gasteiger charge is -2.35. The molecule has 0 aliphatic carbocycles. The first kappa shape index (κ1) is 13.3. The van der Waals surface area contributed by atoms with E-state index in [1.54, 1.807) is 6.20 Å². The van der Waals surface area contributed by atoms with Crippen LogP contribution < -0.4 is 4.90 Å². The van der Waals surface area contributed by atoms with Gasteiger partial charge in [0.05, 0.1) is 11.4 Å². The molecule has 0 unspecified atom stereocenters. The Bertz CT molecular complexity index is 562. The molecule has 2 heterocycles. The summed E-state index contributed by atoms with van der Waals surface area (Å²) in [7, 11) is 0. The van der Waals surface area contributed by atoms with Crippen molar-refractivity contribution in [2.45, 2.75) is 6.54 Å². The predicted octanol–water partition coefficient (Wildman–Crippen LogP) is 2.28. The van der Waals surface area contributed by atoms with Crippen molar-refractivity contribution in [2.75, 3.05) is 31.1 Å². The van der Waals surface area contributed by atoms with E-state index in [0.29, 0.717) is 4.88 Å². The number of thiazole rings is 1. The number of carbonyl (C=O) groups is 1. The van der Waals surface area contributed by atoms with Crippen LogP contribution in [0.15, 0.2) is 36.5 Å². The Balaban J connectivity index is 1.55. The molecule has 20 heavy (non-hydrogen) atoms. The molecule has 104 valence electrons. The van der Waals surface area contributed by atoms with Crippen LogP contribution in [0.4, 0.5) is 5.69 Å². The number of anilines is 1. The van der Waals surface area contributed by atoms with Crippen LogP contribution in [-0.2, 0) is 6.54 Å². The van der Waals surface area contributed by atoms with Crippen LogP contribution in [0, 0.1) is 0 Å². The van der Waals surface area contributed by atoms with Gasteiger partial charge in [0.25, 0.3) is 0 Å². The van der Waals surface area contributed by atoms with Crippen molar-refractivity contribution in [3.05, 3.63) is 46.4 Å². The third-order valence-corrected chi connectivity index (χ3v) is 4.45. The first-order valence-corrected chi connectivity index (χ1v) is 7.59. The summed E-state index contributed by atoms with van der Waals surface area (Å²) in [5.74, 6) is 0. The highest BCUT2D eigenvalue weighted by Gasteiger charge is 2.18. The first-order valence-electron chi connectivity index (χ1n) is 6.77. The summed E-state index contributed by atoms with van der Waals surface area (Å²) in [6, 6.07) is 10.5. The van der Waals surface area contributed by atoms with E-state index in [1.165, 1.54) is 17.0 Å². The van der Waals surface area contributed by atoms with E-state index >= 15 is 0 Å². The number of rotatable bonds is 4. The number of hydrogen-bond acceptors (Lipinski definition) is 5. The van der Waals surface area contributed by atoms with Crippen molar-refractivity contribution in [1.29, 1.82) is 0 Å². The zero-order valence-electron chi connectivity index (χ0n) is 11.2. The third kappa shape index (κ3) is 3.05. The molecular formula is C15H17N3OS. The lowest BCUT2D eigenvalue weighted by molar-refractivity contribution is 0.112. The van der Waals surface area contributed by atoms with E-state index in [0.717, 1.165) is 44.0 Å². The molecule has 2 aromatic rings. The highest BCUT2D eigenvalue weighted by Crippen LogP contribution is 2.18. The zero-order chi connectivity index (χ0) is 13.8. The molecule has 1 aliphatic heterocycles. The van der Waals surface area contributed by atoms with Gasteiger partial charge < -0.3 is 4.90 Å². The first-order chi connectivity index (χ1) is 9.85. The Morgan fingerprint density at radius 3 is 2.55 bits per heavy atom. The highest BCUT2D eigenvalue weighted by molar-refractivity contribution is 7.13. The summed E-state index contributed by atoms with van der Waals surface area (Å²) in [5, 5.41) is 1.03. The summed E-state index contributed by atoms with van der Waals surface area (Å²) < 4.78 is 0. The van der Waals surface area contributed by atoms with E-state index in [2.05, 4.69) is 39.0 Å². The number of nitrogens with zero attached hydrogens (tertiary/aromatic N) is 3. The van der Waals surface area contributed by atoms with E-state index in [-0.39, 0.29) is 0 Å². The van der Waals surface area contributed by atoms with Crippen molar-refractivity contribution in [1.82, 2.24) is 9.88 Å². The maximum Gasteiger partial charge on any atom is 0.161 e. The van der Waals surface area contributed by atoms with E-state index in [4.69, 9.17) is 0 Å². The molecule has 0 atom stereocenters. The number of piperazine rings is 1. The normalized spacial score (nSPS) is 16.3. The molecule has 4 nitrogen and oxygen atoms in total. The molecule has 1 aliphatic rings. The summed E-state index contributed by atoms with van der Waals surface area (Å²) in [4.78, 5) is 20.5. The SMILES string of the molecule is O=Cc1cnc(CN2CCN(c3ccccc3)CC2)s1. The lowest BCUT2D eigenvalue weighted by atomic mass is 10.2. The molecule has 1 aromatic carbocycles. The number of aromatic nitrogens is 1. The van der Waals surface area contributed by atoms with E-state index in [1.807, 2.05) is 6.07 Å². The Labute approximate surface area is 122 Å². The van der Waals surface area contributed by atoms with Crippen molar-refractivity contribution >= 4 is 23.3 Å². The zero-order valence-corrected chi connectivity index (χ0v) is 12.1. The van der Waals surface area contributed by atoms with Gasteiger partial charge in [-0.1, -0.05) is 18.2 Å². The lowest BCUT2D eigenvalue weighted by Crippen LogP contribution is -2.45. The minimum atomic E-state index is 0.711. The van der Waals surface area contributed by atoms with Crippen molar-refractivity contribution in [2.24, 2.45) is 0 Å². The largest absolute Gasteiger partial charge is 0.369 e. The molecular weight excluding hydrogens is 270 g/mol. The van der Waals surface area contributed by atoms with Crippen LogP contribution >= 0.6 is 11.3 Å². The Kier molecular flexibility index (Phi) is 4.08. The van der Waals surface area contributed by atoms with Crippen LogP contribution in [0.1, 0.15) is 14.7 Å². The van der Waals surface area contributed by atoms with Gasteiger partial charge in [-0.25, -0.2) is 4.98 Å². The monoisotopic (exact) mass is 287 g/mol. The number of carbonyl (C=O) groups excluding carboxylic acids is 1. The number of aldehydes is 1. The van der Waals surface area contributed by atoms with Gasteiger partial charge >= 0.3 is 0 Å². The summed E-state index contributed by atoms with van der Waals surface area (Å²) in [6.45, 7) is 4.99. The third-order valence-electron chi connectivity index (χ3n) is 3.54. The van der Waals surface area contributed by atoms with Crippen molar-refractivity contribution < 1.29 is 4.79 Å². The van der Waals surface area contributed by atoms with Gasteiger partial charge in [-0.3, -0.25) is 9.69 Å². The van der Waals surface area contributed by atoms with Crippen molar-refractivity contribution in [3.63, 3.8) is 0 Å². The van der Waals surface area contributed by atoms with Gasteiger partial charge in [-0.15, -0.1) is 11.3 Å². The van der Waals surface area contributed by atoms with Crippen LogP contribution in [0.2, 0.25) is 0 Å². The summed E-state index contributed by atoms with van der Waals surface area (Å²) >= 11 is 1.49. The molecule has 1 fully saturated rings. The second-order valence-corrected chi connectivity index (χ2v) is 6.02. The van der Waals surface area contributed by atoms with Gasteiger partial charge in [0.15, 0.2) is 6.29 Å². The second-order valence-electron chi connectivity index (χ2n) is 4.87. The minimum Gasteiger partial charge on any atom is -0.369 e. The van der Waals surface area contributed by atoms with Gasteiger partial charge in [-0.05, 0) is 12.1 Å². The fraction of sp³-hybridized carbons (Fsp3) is 0.333. The minimum absolute atomic E-state index is 0.711. The van der Waals surface area contributed by atoms with Gasteiger partial charge in [0.1, 0.15) is 5.01 Å². The summed E-state index contributed by atoms with van der Waals surface area (Å²) in [5.41, 5.74) is 1.30. The maximum atomic E-state index is 10.7. The quantitative estimate of drug-likeness (QED) is 0.808. The molecule has 1 aromatic heterocycles. The predicted molar refractivity (Wildman–Crippen MR) is 81.4 cm³/mol. The van der Waals surface area contributed by atoms with Crippen molar-refractivity contribution in [3.8, 4) is 0 Å².